The molecule has 1 amide bonds. The largest absolute Gasteiger partial charge is 0.437 e. The van der Waals surface area contributed by atoms with Crippen molar-refractivity contribution < 1.29 is 9.53 Å². The van der Waals surface area contributed by atoms with Gasteiger partial charge in [0, 0.05) is 19.3 Å². The molecule has 1 N–H and O–H groups in total. The Kier molecular flexibility index (Phi) is 4.78. The van der Waals surface area contributed by atoms with E-state index in [1.807, 2.05) is 6.92 Å². The van der Waals surface area contributed by atoms with E-state index in [9.17, 15) is 9.59 Å². The standard InChI is InChI=1S/C17H18N6O3/c1-11-14(5-4-8-18-11)26-16-7-6-13(9-19-16)20-15(24)10-23-17(25)22(3)12(2)21-23/h4-9H,10H2,1-3H3,(H,20,24). The number of pyridine rings is 2. The number of hydrogen-bond donors (Lipinski definition) is 1. The lowest BCUT2D eigenvalue weighted by Crippen LogP contribution is -2.29. The third-order valence-corrected chi connectivity index (χ3v) is 3.75. The Morgan fingerprint density at radius 2 is 2.04 bits per heavy atom. The molecule has 3 aromatic rings. The lowest BCUT2D eigenvalue weighted by atomic mass is 10.3. The second kappa shape index (κ2) is 7.18. The molecule has 9 nitrogen and oxygen atoms in total. The smallest absolute Gasteiger partial charge is 0.346 e. The zero-order valence-electron chi connectivity index (χ0n) is 14.6. The van der Waals surface area contributed by atoms with Crippen molar-refractivity contribution in [3.05, 3.63) is 58.7 Å². The number of aromatic nitrogens is 5. The number of aryl methyl sites for hydroxylation is 2. The molecule has 0 saturated heterocycles. The number of nitrogens with one attached hydrogen (secondary N) is 1. The van der Waals surface area contributed by atoms with E-state index in [1.54, 1.807) is 44.4 Å². The van der Waals surface area contributed by atoms with Crippen LogP contribution < -0.4 is 15.7 Å². The number of carbonyl (C=O) groups excluding carboxylic acids is 1. The lowest BCUT2D eigenvalue weighted by molar-refractivity contribution is -0.117. The molecule has 134 valence electrons. The van der Waals surface area contributed by atoms with Gasteiger partial charge >= 0.3 is 5.69 Å². The minimum atomic E-state index is -0.372. The van der Waals surface area contributed by atoms with Gasteiger partial charge in [0.25, 0.3) is 0 Å². The average molecular weight is 354 g/mol. The summed E-state index contributed by atoms with van der Waals surface area (Å²) in [7, 11) is 1.60. The average Bonchev–Trinajstić information content (AvgIpc) is 2.85. The third-order valence-electron chi connectivity index (χ3n) is 3.75. The highest BCUT2D eigenvalue weighted by atomic mass is 16.5. The molecular weight excluding hydrogens is 336 g/mol. The lowest BCUT2D eigenvalue weighted by Gasteiger charge is -2.08. The number of hydrogen-bond acceptors (Lipinski definition) is 6. The van der Waals surface area contributed by atoms with Crippen LogP contribution in [0.3, 0.4) is 0 Å². The van der Waals surface area contributed by atoms with Crippen molar-refractivity contribution in [1.29, 1.82) is 0 Å². The molecule has 0 spiro atoms. The second-order valence-corrected chi connectivity index (χ2v) is 5.67. The summed E-state index contributed by atoms with van der Waals surface area (Å²) in [6.45, 7) is 3.36. The highest BCUT2D eigenvalue weighted by Gasteiger charge is 2.11. The minimum Gasteiger partial charge on any atom is -0.437 e. The van der Waals surface area contributed by atoms with Crippen LogP contribution in [0.4, 0.5) is 5.69 Å². The summed E-state index contributed by atoms with van der Waals surface area (Å²) < 4.78 is 8.14. The highest BCUT2D eigenvalue weighted by molar-refractivity contribution is 5.90. The van der Waals surface area contributed by atoms with Gasteiger partial charge in [-0.1, -0.05) is 0 Å². The summed E-state index contributed by atoms with van der Waals surface area (Å²) in [5, 5.41) is 6.70. The van der Waals surface area contributed by atoms with Gasteiger partial charge in [0.2, 0.25) is 11.8 Å². The van der Waals surface area contributed by atoms with Crippen molar-refractivity contribution in [2.24, 2.45) is 7.05 Å². The summed E-state index contributed by atoms with van der Waals surface area (Å²) in [6, 6.07) is 6.88. The molecule has 26 heavy (non-hydrogen) atoms. The van der Waals surface area contributed by atoms with E-state index in [0.29, 0.717) is 23.1 Å². The van der Waals surface area contributed by atoms with Gasteiger partial charge in [0.05, 0.1) is 17.6 Å². The number of nitrogens with zero attached hydrogens (tertiary/aromatic N) is 5. The van der Waals surface area contributed by atoms with Crippen molar-refractivity contribution >= 4 is 11.6 Å². The first-order chi connectivity index (χ1) is 12.4. The Hall–Kier alpha value is -3.49. The monoisotopic (exact) mass is 354 g/mol. The van der Waals surface area contributed by atoms with Gasteiger partial charge < -0.3 is 10.1 Å². The van der Waals surface area contributed by atoms with E-state index in [2.05, 4.69) is 20.4 Å². The molecule has 0 atom stereocenters. The molecular formula is C17H18N6O3. The molecule has 3 rings (SSSR count). The van der Waals surface area contributed by atoms with E-state index in [1.165, 1.54) is 10.8 Å². The Morgan fingerprint density at radius 1 is 1.23 bits per heavy atom. The second-order valence-electron chi connectivity index (χ2n) is 5.67. The molecule has 0 aliphatic rings. The van der Waals surface area contributed by atoms with Crippen LogP contribution in [0.25, 0.3) is 0 Å². The van der Waals surface area contributed by atoms with Gasteiger partial charge in [-0.05, 0) is 32.0 Å². The molecule has 0 fully saturated rings. The maximum Gasteiger partial charge on any atom is 0.346 e. The Morgan fingerprint density at radius 3 is 2.65 bits per heavy atom. The molecule has 0 aliphatic heterocycles. The van der Waals surface area contributed by atoms with Gasteiger partial charge in [-0.3, -0.25) is 14.3 Å². The predicted octanol–water partition coefficient (Wildman–Crippen LogP) is 1.42. The van der Waals surface area contributed by atoms with Crippen LogP contribution in [-0.2, 0) is 18.4 Å². The first-order valence-electron chi connectivity index (χ1n) is 7.90. The van der Waals surface area contributed by atoms with E-state index in [4.69, 9.17) is 4.74 Å². The molecule has 9 heteroatoms. The van der Waals surface area contributed by atoms with E-state index in [0.717, 1.165) is 10.4 Å². The molecule has 0 aliphatic carbocycles. The number of carbonyl (C=O) groups is 1. The molecule has 0 saturated carbocycles. The zero-order chi connectivity index (χ0) is 18.7. The summed E-state index contributed by atoms with van der Waals surface area (Å²) in [6.07, 6.45) is 3.16. The van der Waals surface area contributed by atoms with Gasteiger partial charge in [0.1, 0.15) is 12.4 Å². The van der Waals surface area contributed by atoms with Crippen molar-refractivity contribution in [3.63, 3.8) is 0 Å². The fourth-order valence-corrected chi connectivity index (χ4v) is 2.24. The summed E-state index contributed by atoms with van der Waals surface area (Å²) in [5.74, 6) is 1.16. The van der Waals surface area contributed by atoms with Crippen molar-refractivity contribution in [3.8, 4) is 11.6 Å². The van der Waals surface area contributed by atoms with Crippen molar-refractivity contribution in [1.82, 2.24) is 24.3 Å². The van der Waals surface area contributed by atoms with Crippen LogP contribution in [0, 0.1) is 13.8 Å². The van der Waals surface area contributed by atoms with E-state index < -0.39 is 0 Å². The Bertz CT molecular complexity index is 990. The normalized spacial score (nSPS) is 10.6. The van der Waals surface area contributed by atoms with Crippen molar-refractivity contribution in [2.45, 2.75) is 20.4 Å². The topological polar surface area (TPSA) is 104 Å². The van der Waals surface area contributed by atoms with Crippen LogP contribution in [0.1, 0.15) is 11.5 Å². The first-order valence-corrected chi connectivity index (χ1v) is 7.90. The molecule has 0 bridgehead atoms. The molecule has 3 aromatic heterocycles. The van der Waals surface area contributed by atoms with Gasteiger partial charge in [-0.15, -0.1) is 0 Å². The number of anilines is 1. The maximum atomic E-state index is 12.1. The molecule has 0 unspecified atom stereocenters. The highest BCUT2D eigenvalue weighted by Crippen LogP contribution is 2.22. The fraction of sp³-hybridized carbons (Fsp3) is 0.235. The zero-order valence-corrected chi connectivity index (χ0v) is 14.6. The van der Waals surface area contributed by atoms with Gasteiger partial charge in [0.15, 0.2) is 5.75 Å². The van der Waals surface area contributed by atoms with Crippen LogP contribution in [0.15, 0.2) is 41.5 Å². The maximum absolute atomic E-state index is 12.1. The number of ether oxygens (including phenoxy) is 1. The minimum absolute atomic E-state index is 0.173. The third kappa shape index (κ3) is 3.77. The van der Waals surface area contributed by atoms with Crippen LogP contribution >= 0.6 is 0 Å². The number of rotatable bonds is 5. The van der Waals surface area contributed by atoms with Gasteiger partial charge in [-0.2, -0.15) is 5.10 Å². The summed E-state index contributed by atoms with van der Waals surface area (Å²) in [5.41, 5.74) is 0.903. The van der Waals surface area contributed by atoms with Crippen LogP contribution in [0.5, 0.6) is 11.6 Å². The predicted molar refractivity (Wildman–Crippen MR) is 94.1 cm³/mol. The first kappa shape index (κ1) is 17.3. The molecule has 3 heterocycles. The Labute approximate surface area is 149 Å². The summed E-state index contributed by atoms with van der Waals surface area (Å²) in [4.78, 5) is 32.3. The van der Waals surface area contributed by atoms with E-state index >= 15 is 0 Å². The SMILES string of the molecule is Cc1ncccc1Oc1ccc(NC(=O)Cn2nc(C)n(C)c2=O)cn1. The van der Waals surface area contributed by atoms with Crippen LogP contribution in [-0.4, -0.2) is 30.2 Å². The Balaban J connectivity index is 1.63. The quantitative estimate of drug-likeness (QED) is 0.743. The molecule has 0 radical (unpaired) electrons. The van der Waals surface area contributed by atoms with E-state index in [-0.39, 0.29) is 18.1 Å². The fourth-order valence-electron chi connectivity index (χ4n) is 2.24. The number of amides is 1. The van der Waals surface area contributed by atoms with Crippen LogP contribution in [0.2, 0.25) is 0 Å². The molecule has 0 aromatic carbocycles. The van der Waals surface area contributed by atoms with Crippen molar-refractivity contribution in [2.75, 3.05) is 5.32 Å². The van der Waals surface area contributed by atoms with Gasteiger partial charge in [-0.25, -0.2) is 14.5 Å². The summed E-state index contributed by atoms with van der Waals surface area (Å²) >= 11 is 0.